The maximum atomic E-state index is 12.5. The minimum Gasteiger partial charge on any atom is -0.335 e. The number of amides is 1. The molecule has 0 spiro atoms. The Labute approximate surface area is 112 Å². The van der Waals surface area contributed by atoms with Crippen LogP contribution in [0.1, 0.15) is 26.7 Å². The van der Waals surface area contributed by atoms with Gasteiger partial charge in [0.1, 0.15) is 17.6 Å². The topological polar surface area (TPSA) is 73.5 Å². The van der Waals surface area contributed by atoms with Crippen LogP contribution in [-0.4, -0.2) is 41.4 Å². The van der Waals surface area contributed by atoms with E-state index >= 15 is 0 Å². The quantitative estimate of drug-likeness (QED) is 0.708. The molecule has 2 heterocycles. The summed E-state index contributed by atoms with van der Waals surface area (Å²) >= 11 is 0. The van der Waals surface area contributed by atoms with Crippen molar-refractivity contribution in [1.29, 1.82) is 5.26 Å². The number of nitrogens with zero attached hydrogens (tertiary/aromatic N) is 3. The Hall–Kier alpha value is -1.96. The average Bonchev–Trinajstić information content (AvgIpc) is 2.38. The molecule has 0 bridgehead atoms. The summed E-state index contributed by atoms with van der Waals surface area (Å²) in [5.74, 6) is 0.172. The maximum Gasteiger partial charge on any atom is 0.250 e. The third kappa shape index (κ3) is 2.73. The van der Waals surface area contributed by atoms with Crippen molar-refractivity contribution in [2.75, 3.05) is 13.1 Å². The van der Waals surface area contributed by atoms with E-state index in [1.54, 1.807) is 11.0 Å². The lowest BCUT2D eigenvalue weighted by Crippen LogP contribution is -2.46. The summed E-state index contributed by atoms with van der Waals surface area (Å²) in [6, 6.07) is 1.92. The van der Waals surface area contributed by atoms with E-state index in [0.29, 0.717) is 37.2 Å². The zero-order valence-electron chi connectivity index (χ0n) is 11.2. The number of carbonyl (C=O) groups excluding carboxylic acids is 2. The lowest BCUT2D eigenvalue weighted by atomic mass is 9.93. The number of dihydropyridines is 1. The number of rotatable bonds is 1. The summed E-state index contributed by atoms with van der Waals surface area (Å²) in [5.41, 5.74) is 0.940. The molecule has 0 aromatic heterocycles. The molecule has 0 N–H and O–H groups in total. The Bertz CT molecular complexity index is 513. The van der Waals surface area contributed by atoms with Crippen LogP contribution in [0.2, 0.25) is 0 Å². The molecule has 0 aromatic rings. The van der Waals surface area contributed by atoms with E-state index in [1.807, 2.05) is 19.9 Å². The van der Waals surface area contributed by atoms with E-state index in [-0.39, 0.29) is 23.7 Å². The van der Waals surface area contributed by atoms with Gasteiger partial charge in [-0.1, -0.05) is 6.92 Å². The maximum absolute atomic E-state index is 12.5. The zero-order chi connectivity index (χ0) is 14.0. The predicted octanol–water partition coefficient (Wildman–Crippen LogP) is 1.11. The molecule has 2 rings (SSSR count). The highest BCUT2D eigenvalue weighted by Gasteiger charge is 2.31. The van der Waals surface area contributed by atoms with Crippen LogP contribution in [0.15, 0.2) is 16.6 Å². The summed E-state index contributed by atoms with van der Waals surface area (Å²) in [4.78, 5) is 29.7. The minimum absolute atomic E-state index is 0.0226. The van der Waals surface area contributed by atoms with Crippen molar-refractivity contribution >= 4 is 17.4 Å². The van der Waals surface area contributed by atoms with Gasteiger partial charge in [0.25, 0.3) is 0 Å². The molecular formula is C14H17N3O2. The predicted molar refractivity (Wildman–Crippen MR) is 70.6 cm³/mol. The molecule has 1 saturated heterocycles. The second-order valence-electron chi connectivity index (χ2n) is 5.18. The first-order chi connectivity index (χ1) is 9.02. The van der Waals surface area contributed by atoms with Crippen molar-refractivity contribution in [2.45, 2.75) is 32.7 Å². The molecule has 5 nitrogen and oxygen atoms in total. The normalized spacial score (nSPS) is 27.4. The molecule has 2 aliphatic heterocycles. The number of hydrogen-bond donors (Lipinski definition) is 0. The number of carbonyl (C=O) groups is 2. The highest BCUT2D eigenvalue weighted by Crippen LogP contribution is 2.23. The number of hydrogen-bond acceptors (Lipinski definition) is 4. The molecule has 100 valence electrons. The van der Waals surface area contributed by atoms with Gasteiger partial charge in [0.2, 0.25) is 5.91 Å². The number of Topliss-reactive ketones (excluding diaryl/α,β-unsaturated/α-hetero) is 1. The summed E-state index contributed by atoms with van der Waals surface area (Å²) in [6.07, 6.45) is 2.43. The second-order valence-corrected chi connectivity index (χ2v) is 5.18. The third-order valence-electron chi connectivity index (χ3n) is 3.67. The van der Waals surface area contributed by atoms with Crippen LogP contribution in [-0.2, 0) is 9.59 Å². The summed E-state index contributed by atoms with van der Waals surface area (Å²) in [6.45, 7) is 4.77. The second kappa shape index (κ2) is 5.35. The Balaban J connectivity index is 2.19. The van der Waals surface area contributed by atoms with Gasteiger partial charge < -0.3 is 4.90 Å². The van der Waals surface area contributed by atoms with Crippen LogP contribution in [0.4, 0.5) is 0 Å². The van der Waals surface area contributed by atoms with E-state index < -0.39 is 0 Å². The number of allylic oxidation sites excluding steroid dienone is 1. The summed E-state index contributed by atoms with van der Waals surface area (Å²) in [5, 5.41) is 8.88. The van der Waals surface area contributed by atoms with Gasteiger partial charge in [0.15, 0.2) is 0 Å². The highest BCUT2D eigenvalue weighted by molar-refractivity contribution is 6.12. The van der Waals surface area contributed by atoms with Crippen LogP contribution >= 0.6 is 0 Å². The van der Waals surface area contributed by atoms with E-state index in [1.165, 1.54) is 0 Å². The number of nitriles is 1. The Kier molecular flexibility index (Phi) is 3.79. The molecular weight excluding hydrogens is 242 g/mol. The fourth-order valence-corrected chi connectivity index (χ4v) is 2.48. The van der Waals surface area contributed by atoms with Crippen LogP contribution < -0.4 is 0 Å². The summed E-state index contributed by atoms with van der Waals surface area (Å²) in [7, 11) is 0. The fraction of sp³-hybridized carbons (Fsp3) is 0.571. The Morgan fingerprint density at radius 1 is 1.53 bits per heavy atom. The monoisotopic (exact) mass is 259 g/mol. The minimum atomic E-state index is -0.0637. The lowest BCUT2D eigenvalue weighted by Gasteiger charge is -2.34. The number of likely N-dealkylation sites (tertiary alicyclic amines) is 1. The fourth-order valence-electron chi connectivity index (χ4n) is 2.48. The molecule has 2 atom stereocenters. The Morgan fingerprint density at radius 3 is 2.89 bits per heavy atom. The first kappa shape index (κ1) is 13.5. The van der Waals surface area contributed by atoms with Crippen LogP contribution in [0.5, 0.6) is 0 Å². The van der Waals surface area contributed by atoms with Crippen molar-refractivity contribution in [3.63, 3.8) is 0 Å². The van der Waals surface area contributed by atoms with Crippen molar-refractivity contribution in [3.8, 4) is 6.07 Å². The summed E-state index contributed by atoms with van der Waals surface area (Å²) < 4.78 is 0. The van der Waals surface area contributed by atoms with Crippen molar-refractivity contribution in [3.05, 3.63) is 11.6 Å². The molecule has 0 aromatic carbocycles. The van der Waals surface area contributed by atoms with E-state index in [2.05, 4.69) is 4.99 Å². The Morgan fingerprint density at radius 2 is 2.26 bits per heavy atom. The van der Waals surface area contributed by atoms with Gasteiger partial charge >= 0.3 is 0 Å². The largest absolute Gasteiger partial charge is 0.335 e. The molecule has 0 aliphatic carbocycles. The van der Waals surface area contributed by atoms with Gasteiger partial charge in [-0.2, -0.15) is 5.26 Å². The van der Waals surface area contributed by atoms with Crippen LogP contribution in [0, 0.1) is 17.2 Å². The number of piperidine rings is 1. The molecule has 1 unspecified atom stereocenters. The van der Waals surface area contributed by atoms with Gasteiger partial charge in [-0.15, -0.1) is 0 Å². The molecule has 1 amide bonds. The molecule has 0 radical (unpaired) electrons. The van der Waals surface area contributed by atoms with Gasteiger partial charge in [-0.25, -0.2) is 0 Å². The van der Waals surface area contributed by atoms with Crippen LogP contribution in [0.3, 0.4) is 0 Å². The van der Waals surface area contributed by atoms with Gasteiger partial charge in [0.05, 0.1) is 0 Å². The van der Waals surface area contributed by atoms with Crippen molar-refractivity contribution in [1.82, 2.24) is 4.90 Å². The molecule has 5 heteroatoms. The van der Waals surface area contributed by atoms with Crippen LogP contribution in [0.25, 0.3) is 0 Å². The van der Waals surface area contributed by atoms with Gasteiger partial charge in [-0.3, -0.25) is 14.6 Å². The zero-order valence-corrected chi connectivity index (χ0v) is 11.2. The number of aliphatic imine (C=N–C) groups is 1. The molecule has 1 fully saturated rings. The van der Waals surface area contributed by atoms with Crippen molar-refractivity contribution < 1.29 is 9.59 Å². The third-order valence-corrected chi connectivity index (χ3v) is 3.67. The average molecular weight is 259 g/mol. The molecule has 0 saturated carbocycles. The number of ketones is 1. The highest BCUT2D eigenvalue weighted by atomic mass is 16.2. The molecule has 19 heavy (non-hydrogen) atoms. The first-order valence-electron chi connectivity index (χ1n) is 6.51. The smallest absolute Gasteiger partial charge is 0.250 e. The SMILES string of the molecule is CC1CN=C(C#N)C=C1C(=O)N1CCC(=O)C[C@H]1C. The van der Waals surface area contributed by atoms with E-state index in [9.17, 15) is 9.59 Å². The van der Waals surface area contributed by atoms with E-state index in [4.69, 9.17) is 5.26 Å². The van der Waals surface area contributed by atoms with Gasteiger partial charge in [-0.05, 0) is 13.0 Å². The van der Waals surface area contributed by atoms with Gasteiger partial charge in [0, 0.05) is 43.5 Å². The van der Waals surface area contributed by atoms with E-state index in [0.717, 1.165) is 0 Å². The standard InChI is InChI=1S/C14H17N3O2/c1-9-8-16-11(7-15)6-13(9)14(19)17-4-3-12(18)5-10(17)2/h6,9-10H,3-5,8H2,1-2H3/t9?,10-/m1/s1. The first-order valence-corrected chi connectivity index (χ1v) is 6.51. The van der Waals surface area contributed by atoms with Crippen molar-refractivity contribution in [2.24, 2.45) is 10.9 Å². The molecule has 2 aliphatic rings. The lowest BCUT2D eigenvalue weighted by molar-refractivity contribution is -0.134.